The second-order valence-corrected chi connectivity index (χ2v) is 4.54. The van der Waals surface area contributed by atoms with Crippen LogP contribution >= 0.6 is 12.2 Å². The van der Waals surface area contributed by atoms with E-state index >= 15 is 0 Å². The fraction of sp³-hybridized carbons (Fsp3) is 0.385. The first kappa shape index (κ1) is 15.2. The van der Waals surface area contributed by atoms with Crippen molar-refractivity contribution in [1.29, 1.82) is 0 Å². The number of ether oxygens (including phenoxy) is 1. The number of phenolic OH excluding ortho intramolecular Hbond substituents is 1. The van der Waals surface area contributed by atoms with Crippen molar-refractivity contribution in [3.63, 3.8) is 0 Å². The standard InChI is InChI=1S/C13H18N2O3S/c1-3-5-9(12(14)19)15-13(17)8-6-4-7-10(18-2)11(8)16/h4,6-7,9,16H,3,5H2,1-2H3,(H2,14,19)(H,15,17). The van der Waals surface area contributed by atoms with Gasteiger partial charge in [0.05, 0.1) is 23.7 Å². The van der Waals surface area contributed by atoms with Crippen LogP contribution in [-0.2, 0) is 0 Å². The maximum Gasteiger partial charge on any atom is 0.255 e. The highest BCUT2D eigenvalue weighted by molar-refractivity contribution is 7.80. The largest absolute Gasteiger partial charge is 0.504 e. The molecule has 0 saturated heterocycles. The molecule has 1 rings (SSSR count). The van der Waals surface area contributed by atoms with Gasteiger partial charge in [0.25, 0.3) is 5.91 Å². The SMILES string of the molecule is CCCC(NC(=O)c1cccc(OC)c1O)C(N)=S. The lowest BCUT2D eigenvalue weighted by Crippen LogP contribution is -2.43. The summed E-state index contributed by atoms with van der Waals surface area (Å²) in [5.41, 5.74) is 5.71. The lowest BCUT2D eigenvalue weighted by Gasteiger charge is -2.17. The van der Waals surface area contributed by atoms with Crippen LogP contribution in [-0.4, -0.2) is 29.2 Å². The number of thiocarbonyl (C=S) groups is 1. The second kappa shape index (κ2) is 6.94. The van der Waals surface area contributed by atoms with E-state index in [9.17, 15) is 9.90 Å². The summed E-state index contributed by atoms with van der Waals surface area (Å²) in [4.78, 5) is 12.3. The molecule has 0 heterocycles. The van der Waals surface area contributed by atoms with Gasteiger partial charge in [0, 0.05) is 0 Å². The molecule has 0 aliphatic carbocycles. The molecule has 0 aliphatic rings. The second-order valence-electron chi connectivity index (χ2n) is 4.07. The van der Waals surface area contributed by atoms with Gasteiger partial charge in [-0.05, 0) is 18.6 Å². The smallest absolute Gasteiger partial charge is 0.255 e. The number of rotatable bonds is 6. The molecule has 0 bridgehead atoms. The molecule has 4 N–H and O–H groups in total. The van der Waals surface area contributed by atoms with Crippen LogP contribution in [0.4, 0.5) is 0 Å². The molecule has 1 aromatic carbocycles. The van der Waals surface area contributed by atoms with Gasteiger partial charge in [-0.2, -0.15) is 0 Å². The van der Waals surface area contributed by atoms with Crippen LogP contribution in [0.15, 0.2) is 18.2 Å². The number of hydrogen-bond donors (Lipinski definition) is 3. The Hall–Kier alpha value is -1.82. The van der Waals surface area contributed by atoms with Gasteiger partial charge in [-0.25, -0.2) is 0 Å². The molecule has 104 valence electrons. The highest BCUT2D eigenvalue weighted by Crippen LogP contribution is 2.29. The average Bonchev–Trinajstić information content (AvgIpc) is 2.38. The molecule has 0 aliphatic heterocycles. The van der Waals surface area contributed by atoms with E-state index in [-0.39, 0.29) is 28.1 Å². The van der Waals surface area contributed by atoms with Crippen molar-refractivity contribution < 1.29 is 14.6 Å². The fourth-order valence-corrected chi connectivity index (χ4v) is 1.86. The maximum atomic E-state index is 12.1. The Labute approximate surface area is 117 Å². The topological polar surface area (TPSA) is 84.6 Å². The molecular weight excluding hydrogens is 264 g/mol. The Balaban J connectivity index is 2.91. The first-order chi connectivity index (χ1) is 9.01. The third-order valence-corrected chi connectivity index (χ3v) is 2.97. The Morgan fingerprint density at radius 2 is 2.26 bits per heavy atom. The van der Waals surface area contributed by atoms with Gasteiger partial charge in [0.2, 0.25) is 0 Å². The highest BCUT2D eigenvalue weighted by Gasteiger charge is 2.19. The lowest BCUT2D eigenvalue weighted by atomic mass is 10.1. The quantitative estimate of drug-likeness (QED) is 0.690. The summed E-state index contributed by atoms with van der Waals surface area (Å²) < 4.78 is 4.96. The number of hydrogen-bond acceptors (Lipinski definition) is 4. The molecule has 6 heteroatoms. The Bertz CT molecular complexity index is 477. The molecular formula is C13H18N2O3S. The zero-order valence-corrected chi connectivity index (χ0v) is 11.8. The van der Waals surface area contributed by atoms with Crippen molar-refractivity contribution in [2.45, 2.75) is 25.8 Å². The molecule has 0 fully saturated rings. The van der Waals surface area contributed by atoms with Crippen molar-refractivity contribution in [2.75, 3.05) is 7.11 Å². The highest BCUT2D eigenvalue weighted by atomic mass is 32.1. The number of para-hydroxylation sites is 1. The summed E-state index contributed by atoms with van der Waals surface area (Å²) in [6.07, 6.45) is 1.50. The zero-order chi connectivity index (χ0) is 14.4. The van der Waals surface area contributed by atoms with Crippen LogP contribution in [0.3, 0.4) is 0 Å². The molecule has 0 spiro atoms. The van der Waals surface area contributed by atoms with Crippen LogP contribution < -0.4 is 15.8 Å². The maximum absolute atomic E-state index is 12.1. The number of nitrogens with one attached hydrogen (secondary N) is 1. The summed E-state index contributed by atoms with van der Waals surface area (Å²) in [7, 11) is 1.42. The molecule has 1 amide bonds. The number of aromatic hydroxyl groups is 1. The number of amides is 1. The predicted molar refractivity (Wildman–Crippen MR) is 77.6 cm³/mol. The van der Waals surface area contributed by atoms with Crippen LogP contribution in [0, 0.1) is 0 Å². The third-order valence-electron chi connectivity index (χ3n) is 2.69. The van der Waals surface area contributed by atoms with Crippen LogP contribution in [0.1, 0.15) is 30.1 Å². The number of carbonyl (C=O) groups excluding carboxylic acids is 1. The molecule has 0 radical (unpaired) electrons. The van der Waals surface area contributed by atoms with Crippen LogP contribution in [0.2, 0.25) is 0 Å². The van der Waals surface area contributed by atoms with Crippen molar-refractivity contribution >= 4 is 23.1 Å². The first-order valence-electron chi connectivity index (χ1n) is 5.97. The van der Waals surface area contributed by atoms with Crippen molar-refractivity contribution in [1.82, 2.24) is 5.32 Å². The Kier molecular flexibility index (Phi) is 5.57. The summed E-state index contributed by atoms with van der Waals surface area (Å²) >= 11 is 4.91. The number of phenols is 1. The van der Waals surface area contributed by atoms with Crippen LogP contribution in [0.25, 0.3) is 0 Å². The van der Waals surface area contributed by atoms with Crippen molar-refractivity contribution in [3.8, 4) is 11.5 Å². The number of benzene rings is 1. The summed E-state index contributed by atoms with van der Waals surface area (Å²) in [6, 6.07) is 4.33. The van der Waals surface area contributed by atoms with E-state index < -0.39 is 5.91 Å². The average molecular weight is 282 g/mol. The predicted octanol–water partition coefficient (Wildman–Crippen LogP) is 1.59. The van der Waals surface area contributed by atoms with Gasteiger partial charge in [-0.1, -0.05) is 31.6 Å². The van der Waals surface area contributed by atoms with Gasteiger partial charge in [0.15, 0.2) is 11.5 Å². The minimum absolute atomic E-state index is 0.136. The van der Waals surface area contributed by atoms with E-state index in [0.29, 0.717) is 6.42 Å². The minimum Gasteiger partial charge on any atom is -0.504 e. The van der Waals surface area contributed by atoms with Gasteiger partial charge < -0.3 is 20.9 Å². The minimum atomic E-state index is -0.428. The van der Waals surface area contributed by atoms with E-state index in [1.54, 1.807) is 12.1 Å². The summed E-state index contributed by atoms with van der Waals surface area (Å²) in [5.74, 6) is -0.377. The van der Waals surface area contributed by atoms with Crippen molar-refractivity contribution in [3.05, 3.63) is 23.8 Å². The number of nitrogens with two attached hydrogens (primary N) is 1. The molecule has 1 atom stereocenters. The lowest BCUT2D eigenvalue weighted by molar-refractivity contribution is 0.0942. The van der Waals surface area contributed by atoms with Gasteiger partial charge in [0.1, 0.15) is 0 Å². The fourth-order valence-electron chi connectivity index (χ4n) is 1.68. The Morgan fingerprint density at radius 1 is 1.58 bits per heavy atom. The summed E-state index contributed by atoms with van der Waals surface area (Å²) in [5, 5.41) is 12.6. The van der Waals surface area contributed by atoms with Gasteiger partial charge >= 0.3 is 0 Å². The van der Waals surface area contributed by atoms with E-state index in [0.717, 1.165) is 6.42 Å². The zero-order valence-electron chi connectivity index (χ0n) is 11.0. The third kappa shape index (κ3) is 3.82. The van der Waals surface area contributed by atoms with Gasteiger partial charge in [-0.15, -0.1) is 0 Å². The monoisotopic (exact) mass is 282 g/mol. The van der Waals surface area contributed by atoms with E-state index in [4.69, 9.17) is 22.7 Å². The summed E-state index contributed by atoms with van der Waals surface area (Å²) in [6.45, 7) is 1.97. The molecule has 1 aromatic rings. The van der Waals surface area contributed by atoms with Crippen LogP contribution in [0.5, 0.6) is 11.5 Å². The van der Waals surface area contributed by atoms with E-state index in [1.165, 1.54) is 13.2 Å². The normalized spacial score (nSPS) is 11.7. The number of carbonyl (C=O) groups is 1. The first-order valence-corrected chi connectivity index (χ1v) is 6.38. The Morgan fingerprint density at radius 3 is 2.79 bits per heavy atom. The van der Waals surface area contributed by atoms with E-state index in [1.807, 2.05) is 6.92 Å². The van der Waals surface area contributed by atoms with E-state index in [2.05, 4.69) is 5.32 Å². The molecule has 1 unspecified atom stereocenters. The van der Waals surface area contributed by atoms with Crippen molar-refractivity contribution in [2.24, 2.45) is 5.73 Å². The molecule has 19 heavy (non-hydrogen) atoms. The van der Waals surface area contributed by atoms with Gasteiger partial charge in [-0.3, -0.25) is 4.79 Å². The molecule has 0 saturated carbocycles. The molecule has 5 nitrogen and oxygen atoms in total. The number of methoxy groups -OCH3 is 1. The molecule has 0 aromatic heterocycles.